The SMILES string of the molecule is C[C@H](NC(=O)CCc1c(-c2ccc(F)cc2)[nH]c2ccccc12)c1cccs1. The molecule has 4 aromatic rings. The Bertz CT molecular complexity index is 1080. The van der Waals surface area contributed by atoms with E-state index in [0.29, 0.717) is 12.8 Å². The molecular weight excluding hydrogens is 371 g/mol. The number of para-hydroxylation sites is 1. The number of H-pyrrole nitrogens is 1. The Morgan fingerprint density at radius 1 is 1.11 bits per heavy atom. The summed E-state index contributed by atoms with van der Waals surface area (Å²) < 4.78 is 13.3. The minimum absolute atomic E-state index is 0.00652. The van der Waals surface area contributed by atoms with Crippen molar-refractivity contribution in [2.24, 2.45) is 0 Å². The molecule has 0 bridgehead atoms. The van der Waals surface area contributed by atoms with Crippen LogP contribution in [0.5, 0.6) is 0 Å². The predicted molar refractivity (Wildman–Crippen MR) is 113 cm³/mol. The predicted octanol–water partition coefficient (Wildman–Crippen LogP) is 5.85. The van der Waals surface area contributed by atoms with E-state index in [2.05, 4.69) is 16.4 Å². The number of aromatic amines is 1. The third-order valence-corrected chi connectivity index (χ3v) is 5.95. The van der Waals surface area contributed by atoms with Gasteiger partial charge in [-0.05, 0) is 66.2 Å². The Balaban J connectivity index is 1.56. The summed E-state index contributed by atoms with van der Waals surface area (Å²) in [5.74, 6) is -0.236. The maximum Gasteiger partial charge on any atom is 0.220 e. The van der Waals surface area contributed by atoms with E-state index < -0.39 is 0 Å². The van der Waals surface area contributed by atoms with Crippen molar-refractivity contribution in [1.82, 2.24) is 10.3 Å². The first-order chi connectivity index (χ1) is 13.6. The molecule has 0 aliphatic heterocycles. The van der Waals surface area contributed by atoms with Gasteiger partial charge in [0.2, 0.25) is 5.91 Å². The van der Waals surface area contributed by atoms with Crippen molar-refractivity contribution < 1.29 is 9.18 Å². The molecule has 3 nitrogen and oxygen atoms in total. The van der Waals surface area contributed by atoms with Gasteiger partial charge in [0.1, 0.15) is 5.82 Å². The number of fused-ring (bicyclic) bond motifs is 1. The third kappa shape index (κ3) is 3.85. The van der Waals surface area contributed by atoms with Crippen molar-refractivity contribution >= 4 is 28.1 Å². The van der Waals surface area contributed by atoms with E-state index in [4.69, 9.17) is 0 Å². The molecule has 0 saturated heterocycles. The first-order valence-electron chi connectivity index (χ1n) is 9.30. The first-order valence-corrected chi connectivity index (χ1v) is 10.2. The molecule has 0 saturated carbocycles. The molecule has 0 radical (unpaired) electrons. The molecule has 142 valence electrons. The Labute approximate surface area is 167 Å². The van der Waals surface area contributed by atoms with Crippen LogP contribution >= 0.6 is 11.3 Å². The second-order valence-corrected chi connectivity index (χ2v) is 7.81. The fraction of sp³-hybridized carbons (Fsp3) is 0.174. The summed E-state index contributed by atoms with van der Waals surface area (Å²) in [6.07, 6.45) is 1.01. The molecule has 2 aromatic heterocycles. The van der Waals surface area contributed by atoms with Crippen molar-refractivity contribution in [3.05, 3.63) is 82.3 Å². The summed E-state index contributed by atoms with van der Waals surface area (Å²) in [5, 5.41) is 6.18. The van der Waals surface area contributed by atoms with Crippen LogP contribution in [0.15, 0.2) is 66.0 Å². The summed E-state index contributed by atoms with van der Waals surface area (Å²) in [7, 11) is 0. The van der Waals surface area contributed by atoms with E-state index in [1.807, 2.05) is 42.6 Å². The molecule has 1 amide bonds. The van der Waals surface area contributed by atoms with Crippen LogP contribution in [0.4, 0.5) is 4.39 Å². The fourth-order valence-corrected chi connectivity index (χ4v) is 4.22. The molecule has 5 heteroatoms. The molecule has 2 N–H and O–H groups in total. The van der Waals surface area contributed by atoms with Gasteiger partial charge < -0.3 is 10.3 Å². The lowest BCUT2D eigenvalue weighted by Gasteiger charge is -2.12. The van der Waals surface area contributed by atoms with E-state index >= 15 is 0 Å². The molecule has 28 heavy (non-hydrogen) atoms. The largest absolute Gasteiger partial charge is 0.354 e. The molecule has 2 heterocycles. The Hall–Kier alpha value is -2.92. The monoisotopic (exact) mass is 392 g/mol. The highest BCUT2D eigenvalue weighted by atomic mass is 32.1. The Morgan fingerprint density at radius 2 is 1.89 bits per heavy atom. The number of thiophene rings is 1. The number of nitrogens with one attached hydrogen (secondary N) is 2. The number of aryl methyl sites for hydroxylation is 1. The number of hydrogen-bond acceptors (Lipinski definition) is 2. The van der Waals surface area contributed by atoms with Crippen molar-refractivity contribution in [2.45, 2.75) is 25.8 Å². The van der Waals surface area contributed by atoms with E-state index in [0.717, 1.165) is 32.6 Å². The van der Waals surface area contributed by atoms with Gasteiger partial charge in [0, 0.05) is 27.9 Å². The van der Waals surface area contributed by atoms with Crippen LogP contribution < -0.4 is 5.32 Å². The lowest BCUT2D eigenvalue weighted by Crippen LogP contribution is -2.26. The lowest BCUT2D eigenvalue weighted by molar-refractivity contribution is -0.121. The fourth-order valence-electron chi connectivity index (χ4n) is 3.48. The van der Waals surface area contributed by atoms with Gasteiger partial charge in [-0.3, -0.25) is 4.79 Å². The molecule has 4 rings (SSSR count). The van der Waals surface area contributed by atoms with Gasteiger partial charge in [-0.1, -0.05) is 24.3 Å². The maximum absolute atomic E-state index is 13.3. The van der Waals surface area contributed by atoms with Crippen LogP contribution in [0.2, 0.25) is 0 Å². The molecule has 1 atom stereocenters. The summed E-state index contributed by atoms with van der Waals surface area (Å²) in [5.41, 5.74) is 3.96. The molecule has 0 unspecified atom stereocenters. The zero-order chi connectivity index (χ0) is 19.5. The number of carbonyl (C=O) groups excluding carboxylic acids is 1. The van der Waals surface area contributed by atoms with Gasteiger partial charge in [0.25, 0.3) is 0 Å². The lowest BCUT2D eigenvalue weighted by atomic mass is 10.0. The van der Waals surface area contributed by atoms with Crippen molar-refractivity contribution in [2.75, 3.05) is 0 Å². The van der Waals surface area contributed by atoms with Crippen molar-refractivity contribution in [1.29, 1.82) is 0 Å². The van der Waals surface area contributed by atoms with Gasteiger partial charge in [-0.25, -0.2) is 4.39 Å². The minimum atomic E-state index is -0.261. The first kappa shape index (κ1) is 18.4. The van der Waals surface area contributed by atoms with Crippen LogP contribution in [0.1, 0.15) is 29.8 Å². The van der Waals surface area contributed by atoms with Gasteiger partial charge in [0.15, 0.2) is 0 Å². The number of carbonyl (C=O) groups is 1. The molecule has 0 fully saturated rings. The molecule has 0 aliphatic rings. The van der Waals surface area contributed by atoms with Crippen LogP contribution in [-0.4, -0.2) is 10.9 Å². The summed E-state index contributed by atoms with van der Waals surface area (Å²) >= 11 is 1.64. The highest BCUT2D eigenvalue weighted by Crippen LogP contribution is 2.31. The summed E-state index contributed by atoms with van der Waals surface area (Å²) in [4.78, 5) is 17.1. The second-order valence-electron chi connectivity index (χ2n) is 6.84. The number of hydrogen-bond donors (Lipinski definition) is 2. The number of halogens is 1. The number of benzene rings is 2. The van der Waals surface area contributed by atoms with E-state index in [1.54, 1.807) is 23.5 Å². The third-order valence-electron chi connectivity index (χ3n) is 4.90. The topological polar surface area (TPSA) is 44.9 Å². The van der Waals surface area contributed by atoms with Gasteiger partial charge in [0.05, 0.1) is 6.04 Å². The van der Waals surface area contributed by atoms with E-state index in [-0.39, 0.29) is 17.8 Å². The highest BCUT2D eigenvalue weighted by molar-refractivity contribution is 7.10. The molecule has 2 aromatic carbocycles. The van der Waals surface area contributed by atoms with Crippen LogP contribution in [0.25, 0.3) is 22.2 Å². The summed E-state index contributed by atoms with van der Waals surface area (Å²) in [6.45, 7) is 2.00. The van der Waals surface area contributed by atoms with Gasteiger partial charge in [-0.15, -0.1) is 11.3 Å². The zero-order valence-corrected chi connectivity index (χ0v) is 16.4. The van der Waals surface area contributed by atoms with E-state index in [9.17, 15) is 9.18 Å². The number of rotatable bonds is 6. The zero-order valence-electron chi connectivity index (χ0n) is 15.5. The highest BCUT2D eigenvalue weighted by Gasteiger charge is 2.16. The van der Waals surface area contributed by atoms with Gasteiger partial charge >= 0.3 is 0 Å². The maximum atomic E-state index is 13.3. The average molecular weight is 392 g/mol. The summed E-state index contributed by atoms with van der Waals surface area (Å²) in [6, 6.07) is 18.5. The average Bonchev–Trinajstić information content (AvgIpc) is 3.35. The minimum Gasteiger partial charge on any atom is -0.354 e. The Kier molecular flexibility index (Phi) is 5.26. The van der Waals surface area contributed by atoms with E-state index in [1.165, 1.54) is 12.1 Å². The smallest absolute Gasteiger partial charge is 0.220 e. The van der Waals surface area contributed by atoms with Crippen LogP contribution in [-0.2, 0) is 11.2 Å². The molecular formula is C23H21FN2OS. The normalized spacial score (nSPS) is 12.2. The molecule has 0 aliphatic carbocycles. The van der Waals surface area contributed by atoms with Crippen LogP contribution in [0.3, 0.4) is 0 Å². The molecule has 0 spiro atoms. The van der Waals surface area contributed by atoms with Crippen molar-refractivity contribution in [3.63, 3.8) is 0 Å². The standard InChI is InChI=1S/C23H21FN2OS/c1-15(21-7-4-14-28-21)25-22(27)13-12-19-18-5-2-3-6-20(18)26-23(19)16-8-10-17(24)11-9-16/h2-11,14-15,26H,12-13H2,1H3,(H,25,27)/t15-/m0/s1. The quantitative estimate of drug-likeness (QED) is 0.425. The number of amides is 1. The second kappa shape index (κ2) is 7.98. The Morgan fingerprint density at radius 3 is 2.64 bits per heavy atom. The van der Waals surface area contributed by atoms with Gasteiger partial charge in [-0.2, -0.15) is 0 Å². The van der Waals surface area contributed by atoms with Crippen LogP contribution in [0, 0.1) is 5.82 Å². The number of aromatic nitrogens is 1. The van der Waals surface area contributed by atoms with Crippen molar-refractivity contribution in [3.8, 4) is 11.3 Å².